The number of hydrogen-bond donors (Lipinski definition) is 0. The lowest BCUT2D eigenvalue weighted by atomic mass is 9.77. The molecule has 0 spiro atoms. The molecular weight excluding hydrogens is 414 g/mol. The van der Waals surface area contributed by atoms with Gasteiger partial charge in [0.25, 0.3) is 0 Å². The van der Waals surface area contributed by atoms with Gasteiger partial charge < -0.3 is 0 Å². The third kappa shape index (κ3) is 5.23. The normalized spacial score (nSPS) is 19.3. The second kappa shape index (κ2) is 9.33. The second-order valence-electron chi connectivity index (χ2n) is 8.11. The van der Waals surface area contributed by atoms with E-state index in [2.05, 4.69) is 13.2 Å². The van der Waals surface area contributed by atoms with Crippen molar-refractivity contribution >= 4 is 5.57 Å². The molecule has 166 valence electrons. The molecule has 0 aliphatic heterocycles. The van der Waals surface area contributed by atoms with Gasteiger partial charge in [-0.1, -0.05) is 24.8 Å². The molecule has 1 aliphatic rings. The zero-order valence-electron chi connectivity index (χ0n) is 17.0. The molecule has 1 aliphatic carbocycles. The van der Waals surface area contributed by atoms with Crippen molar-refractivity contribution in [2.75, 3.05) is 0 Å². The van der Waals surface area contributed by atoms with Crippen molar-refractivity contribution in [3.05, 3.63) is 78.1 Å². The van der Waals surface area contributed by atoms with E-state index in [1.54, 1.807) is 6.07 Å². The Balaban J connectivity index is 1.81. The molecular formula is C25H24F6. The topological polar surface area (TPSA) is 0 Å². The second-order valence-corrected chi connectivity index (χ2v) is 8.11. The summed E-state index contributed by atoms with van der Waals surface area (Å²) in [6, 6.07) is 5.94. The van der Waals surface area contributed by atoms with Crippen LogP contribution in [0.1, 0.15) is 55.6 Å². The van der Waals surface area contributed by atoms with E-state index in [1.807, 2.05) is 6.08 Å². The monoisotopic (exact) mass is 438 g/mol. The molecule has 0 amide bonds. The highest BCUT2D eigenvalue weighted by Gasteiger charge is 2.36. The molecule has 6 heteroatoms. The van der Waals surface area contributed by atoms with Gasteiger partial charge in [-0.25, -0.2) is 13.2 Å². The lowest BCUT2D eigenvalue weighted by Crippen LogP contribution is -2.13. The highest BCUT2D eigenvalue weighted by Crippen LogP contribution is 2.40. The zero-order valence-corrected chi connectivity index (χ0v) is 17.0. The molecule has 0 unspecified atom stereocenters. The number of alkyl halides is 3. The van der Waals surface area contributed by atoms with E-state index >= 15 is 0 Å². The van der Waals surface area contributed by atoms with Gasteiger partial charge in [-0.05, 0) is 79.7 Å². The summed E-state index contributed by atoms with van der Waals surface area (Å²) in [4.78, 5) is 0. The number of rotatable bonds is 6. The molecule has 0 aromatic heterocycles. The lowest BCUT2D eigenvalue weighted by Gasteiger charge is -2.28. The summed E-state index contributed by atoms with van der Waals surface area (Å²) >= 11 is 0. The molecule has 31 heavy (non-hydrogen) atoms. The minimum atomic E-state index is -4.97. The molecule has 0 N–H and O–H groups in total. The van der Waals surface area contributed by atoms with Crippen molar-refractivity contribution in [1.29, 1.82) is 0 Å². The highest BCUT2D eigenvalue weighted by atomic mass is 19.4. The average molecular weight is 438 g/mol. The van der Waals surface area contributed by atoms with Crippen molar-refractivity contribution in [2.45, 2.75) is 50.6 Å². The van der Waals surface area contributed by atoms with E-state index < -0.39 is 34.8 Å². The quantitative estimate of drug-likeness (QED) is 0.313. The fourth-order valence-corrected chi connectivity index (χ4v) is 4.32. The number of allylic oxidation sites excluding steroid dienone is 2. The summed E-state index contributed by atoms with van der Waals surface area (Å²) < 4.78 is 81.7. The molecule has 1 fully saturated rings. The standard InChI is InChI=1S/C25H24F6/c1-3-4-5-16-6-8-17(9-7-16)18-10-11-20(21(26)12-18)19-13-22(27)24(23(28)14-19)15(2)25(29,30)31/h3,10-14,16-17H,1-2,4-9H2. The van der Waals surface area contributed by atoms with E-state index in [4.69, 9.17) is 0 Å². The van der Waals surface area contributed by atoms with Gasteiger partial charge in [0.1, 0.15) is 17.5 Å². The number of hydrogen-bond acceptors (Lipinski definition) is 0. The summed E-state index contributed by atoms with van der Waals surface area (Å²) in [5, 5.41) is 0. The Kier molecular flexibility index (Phi) is 6.97. The molecule has 1 saturated carbocycles. The Morgan fingerprint density at radius 2 is 1.55 bits per heavy atom. The first-order valence-corrected chi connectivity index (χ1v) is 10.3. The number of benzene rings is 2. The molecule has 0 atom stereocenters. The van der Waals surface area contributed by atoms with Crippen molar-refractivity contribution in [3.63, 3.8) is 0 Å². The maximum absolute atomic E-state index is 14.8. The van der Waals surface area contributed by atoms with Crippen molar-refractivity contribution < 1.29 is 26.3 Å². The van der Waals surface area contributed by atoms with E-state index in [0.717, 1.165) is 44.1 Å². The number of halogens is 6. The SMILES string of the molecule is C=CCCC1CCC(c2ccc(-c3cc(F)c(C(=C)C(F)(F)F)c(F)c3)c(F)c2)CC1. The Morgan fingerprint density at radius 3 is 2.06 bits per heavy atom. The van der Waals surface area contributed by atoms with Crippen LogP contribution in [0.3, 0.4) is 0 Å². The van der Waals surface area contributed by atoms with Crippen LogP contribution < -0.4 is 0 Å². The predicted octanol–water partition coefficient (Wildman–Crippen LogP) is 8.59. The largest absolute Gasteiger partial charge is 0.416 e. The van der Waals surface area contributed by atoms with Gasteiger partial charge in [-0.2, -0.15) is 13.2 Å². The van der Waals surface area contributed by atoms with Crippen LogP contribution in [0.25, 0.3) is 16.7 Å². The van der Waals surface area contributed by atoms with Gasteiger partial charge in [0, 0.05) is 5.56 Å². The summed E-state index contributed by atoms with van der Waals surface area (Å²) in [5.41, 5.74) is -2.27. The van der Waals surface area contributed by atoms with Crippen LogP contribution >= 0.6 is 0 Å². The maximum atomic E-state index is 14.8. The minimum Gasteiger partial charge on any atom is -0.206 e. The van der Waals surface area contributed by atoms with Crippen LogP contribution in [0.15, 0.2) is 49.6 Å². The van der Waals surface area contributed by atoms with E-state index in [9.17, 15) is 26.3 Å². The minimum absolute atomic E-state index is 0.0645. The molecule has 0 nitrogen and oxygen atoms in total. The zero-order chi connectivity index (χ0) is 22.8. The van der Waals surface area contributed by atoms with E-state index in [1.165, 1.54) is 12.1 Å². The average Bonchev–Trinajstić information content (AvgIpc) is 2.71. The summed E-state index contributed by atoms with van der Waals surface area (Å²) in [6.45, 7) is 6.48. The van der Waals surface area contributed by atoms with Crippen LogP contribution in [0, 0.1) is 23.4 Å². The fourth-order valence-electron chi connectivity index (χ4n) is 4.32. The summed E-state index contributed by atoms with van der Waals surface area (Å²) in [6.07, 6.45) is 3.04. The first-order valence-electron chi connectivity index (χ1n) is 10.3. The van der Waals surface area contributed by atoms with Crippen molar-refractivity contribution in [3.8, 4) is 11.1 Å². The molecule has 3 rings (SSSR count). The summed E-state index contributed by atoms with van der Waals surface area (Å²) in [5.74, 6) is -2.66. The van der Waals surface area contributed by atoms with Crippen LogP contribution in [0.2, 0.25) is 0 Å². The third-order valence-electron chi connectivity index (χ3n) is 6.09. The van der Waals surface area contributed by atoms with Gasteiger partial charge >= 0.3 is 6.18 Å². The van der Waals surface area contributed by atoms with Crippen LogP contribution in [0.4, 0.5) is 26.3 Å². The third-order valence-corrected chi connectivity index (χ3v) is 6.09. The van der Waals surface area contributed by atoms with Gasteiger partial charge in [-0.15, -0.1) is 6.58 Å². The first kappa shape index (κ1) is 23.2. The van der Waals surface area contributed by atoms with E-state index in [0.29, 0.717) is 18.1 Å². The van der Waals surface area contributed by atoms with Crippen LogP contribution in [0.5, 0.6) is 0 Å². The van der Waals surface area contributed by atoms with Gasteiger partial charge in [0.15, 0.2) is 0 Å². The predicted molar refractivity (Wildman–Crippen MR) is 111 cm³/mol. The first-order chi connectivity index (χ1) is 14.6. The maximum Gasteiger partial charge on any atom is 0.416 e. The Labute approximate surface area is 178 Å². The highest BCUT2D eigenvalue weighted by molar-refractivity contribution is 5.73. The van der Waals surface area contributed by atoms with Gasteiger partial charge in [0.05, 0.1) is 11.1 Å². The van der Waals surface area contributed by atoms with Crippen molar-refractivity contribution in [1.82, 2.24) is 0 Å². The Bertz CT molecular complexity index is 941. The van der Waals surface area contributed by atoms with E-state index in [-0.39, 0.29) is 17.0 Å². The molecule has 0 radical (unpaired) electrons. The van der Waals surface area contributed by atoms with Gasteiger partial charge in [-0.3, -0.25) is 0 Å². The van der Waals surface area contributed by atoms with Gasteiger partial charge in [0.2, 0.25) is 0 Å². The van der Waals surface area contributed by atoms with Crippen molar-refractivity contribution in [2.24, 2.45) is 5.92 Å². The molecule has 2 aromatic carbocycles. The molecule has 0 saturated heterocycles. The lowest BCUT2D eigenvalue weighted by molar-refractivity contribution is -0.0690. The fraction of sp³-hybridized carbons (Fsp3) is 0.360. The Hall–Kier alpha value is -2.50. The summed E-state index contributed by atoms with van der Waals surface area (Å²) in [7, 11) is 0. The molecule has 0 bridgehead atoms. The molecule has 2 aromatic rings. The smallest absolute Gasteiger partial charge is 0.206 e. The molecule has 0 heterocycles. The van der Waals surface area contributed by atoms with Crippen LogP contribution in [-0.2, 0) is 0 Å². The van der Waals surface area contributed by atoms with Crippen LogP contribution in [-0.4, -0.2) is 6.18 Å². The Morgan fingerprint density at radius 1 is 0.935 bits per heavy atom.